The van der Waals surface area contributed by atoms with Gasteiger partial charge in [-0.15, -0.1) is 0 Å². The normalized spacial score (nSPS) is 23.0. The molecular formula is C19H32N4O2. The van der Waals surface area contributed by atoms with Gasteiger partial charge in [0.15, 0.2) is 0 Å². The van der Waals surface area contributed by atoms with E-state index in [2.05, 4.69) is 24.3 Å². The highest BCUT2D eigenvalue weighted by Gasteiger charge is 2.31. The van der Waals surface area contributed by atoms with Crippen molar-refractivity contribution in [3.05, 3.63) is 17.0 Å². The number of amides is 2. The van der Waals surface area contributed by atoms with Crippen LogP contribution in [0.4, 0.5) is 4.79 Å². The summed E-state index contributed by atoms with van der Waals surface area (Å²) >= 11 is 0. The van der Waals surface area contributed by atoms with E-state index in [1.54, 1.807) is 0 Å². The molecule has 1 aromatic rings. The molecule has 3 rings (SSSR count). The number of nitrogens with one attached hydrogen (secondary N) is 1. The Bertz CT molecular complexity index is 599. The third-order valence-electron chi connectivity index (χ3n) is 5.86. The summed E-state index contributed by atoms with van der Waals surface area (Å²) in [6.45, 7) is 8.79. The fraction of sp³-hybridized carbons (Fsp3) is 0.789. The minimum atomic E-state index is 0.0671. The fourth-order valence-corrected chi connectivity index (χ4v) is 4.22. The SMILES string of the molecule is Cc1nn(C)c(C)c1C[C@H](C)NC(=O)N1CCC([C@H]2CCCO2)CC1. The molecule has 0 aromatic carbocycles. The number of carbonyl (C=O) groups excluding carboxylic acids is 1. The minimum absolute atomic E-state index is 0.0671. The molecule has 0 spiro atoms. The summed E-state index contributed by atoms with van der Waals surface area (Å²) in [7, 11) is 1.97. The van der Waals surface area contributed by atoms with Crippen molar-refractivity contribution in [3.8, 4) is 0 Å². The lowest BCUT2D eigenvalue weighted by molar-refractivity contribution is 0.0371. The Labute approximate surface area is 150 Å². The number of piperidine rings is 1. The first-order valence-corrected chi connectivity index (χ1v) is 9.61. The molecule has 1 N–H and O–H groups in total. The molecule has 0 aliphatic carbocycles. The molecule has 1 aromatic heterocycles. The standard InChI is InChI=1S/C19H32N4O2/c1-13(12-17-14(2)21-22(4)15(17)3)20-19(24)23-9-7-16(8-10-23)18-6-5-11-25-18/h13,16,18H,5-12H2,1-4H3,(H,20,24)/t13-,18+/m0/s1. The second kappa shape index (κ2) is 7.77. The van der Waals surface area contributed by atoms with Crippen LogP contribution in [0.5, 0.6) is 0 Å². The molecule has 2 fully saturated rings. The van der Waals surface area contributed by atoms with Crippen LogP contribution in [0.1, 0.15) is 49.6 Å². The summed E-state index contributed by atoms with van der Waals surface area (Å²) < 4.78 is 7.73. The Hall–Kier alpha value is -1.56. The number of urea groups is 1. The Kier molecular flexibility index (Phi) is 5.67. The highest BCUT2D eigenvalue weighted by molar-refractivity contribution is 5.74. The summed E-state index contributed by atoms with van der Waals surface area (Å²) in [5.41, 5.74) is 3.47. The van der Waals surface area contributed by atoms with E-state index in [1.807, 2.05) is 23.6 Å². The van der Waals surface area contributed by atoms with E-state index in [9.17, 15) is 4.79 Å². The van der Waals surface area contributed by atoms with Crippen LogP contribution in [0.2, 0.25) is 0 Å². The molecule has 0 bridgehead atoms. The summed E-state index contributed by atoms with van der Waals surface area (Å²) in [5.74, 6) is 0.629. The van der Waals surface area contributed by atoms with Crippen molar-refractivity contribution in [2.75, 3.05) is 19.7 Å². The zero-order valence-corrected chi connectivity index (χ0v) is 16.0. The lowest BCUT2D eigenvalue weighted by Crippen LogP contribution is -2.48. The van der Waals surface area contributed by atoms with E-state index in [0.717, 1.165) is 44.7 Å². The van der Waals surface area contributed by atoms with E-state index in [1.165, 1.54) is 24.1 Å². The van der Waals surface area contributed by atoms with Crippen molar-refractivity contribution in [2.24, 2.45) is 13.0 Å². The molecule has 3 heterocycles. The Morgan fingerprint density at radius 1 is 1.32 bits per heavy atom. The maximum atomic E-state index is 12.6. The molecule has 2 aliphatic rings. The van der Waals surface area contributed by atoms with Crippen molar-refractivity contribution < 1.29 is 9.53 Å². The largest absolute Gasteiger partial charge is 0.378 e. The van der Waals surface area contributed by atoms with Gasteiger partial charge in [0.25, 0.3) is 0 Å². The van der Waals surface area contributed by atoms with Crippen LogP contribution in [0.25, 0.3) is 0 Å². The number of hydrogen-bond acceptors (Lipinski definition) is 3. The number of nitrogens with zero attached hydrogens (tertiary/aromatic N) is 3. The molecule has 2 saturated heterocycles. The van der Waals surface area contributed by atoms with Gasteiger partial charge in [-0.2, -0.15) is 5.10 Å². The molecule has 2 atom stereocenters. The first-order chi connectivity index (χ1) is 12.0. The van der Waals surface area contributed by atoms with E-state index in [-0.39, 0.29) is 12.1 Å². The van der Waals surface area contributed by atoms with E-state index in [0.29, 0.717) is 12.0 Å². The van der Waals surface area contributed by atoms with E-state index >= 15 is 0 Å². The van der Waals surface area contributed by atoms with Gasteiger partial charge in [-0.3, -0.25) is 4.68 Å². The van der Waals surface area contributed by atoms with Crippen molar-refractivity contribution in [2.45, 2.75) is 65.0 Å². The quantitative estimate of drug-likeness (QED) is 0.910. The number of aryl methyl sites for hydroxylation is 2. The predicted octanol–water partition coefficient (Wildman–Crippen LogP) is 2.57. The van der Waals surface area contributed by atoms with Crippen molar-refractivity contribution in [1.29, 1.82) is 0 Å². The molecule has 0 radical (unpaired) electrons. The third kappa shape index (κ3) is 4.17. The summed E-state index contributed by atoms with van der Waals surface area (Å²) in [6.07, 6.45) is 5.76. The Balaban J connectivity index is 1.47. The maximum absolute atomic E-state index is 12.6. The Morgan fingerprint density at radius 2 is 2.04 bits per heavy atom. The van der Waals surface area contributed by atoms with Crippen molar-refractivity contribution >= 4 is 6.03 Å². The monoisotopic (exact) mass is 348 g/mol. The molecule has 2 aliphatic heterocycles. The van der Waals surface area contributed by atoms with Crippen LogP contribution in [0.3, 0.4) is 0 Å². The number of carbonyl (C=O) groups is 1. The highest BCUT2D eigenvalue weighted by atomic mass is 16.5. The molecular weight excluding hydrogens is 316 g/mol. The average molecular weight is 348 g/mol. The second-order valence-electron chi connectivity index (χ2n) is 7.70. The van der Waals surface area contributed by atoms with Gasteiger partial charge in [-0.25, -0.2) is 4.79 Å². The summed E-state index contributed by atoms with van der Waals surface area (Å²) in [5, 5.41) is 7.63. The highest BCUT2D eigenvalue weighted by Crippen LogP contribution is 2.28. The van der Waals surface area contributed by atoms with Gasteiger partial charge in [0, 0.05) is 38.5 Å². The molecule has 25 heavy (non-hydrogen) atoms. The second-order valence-corrected chi connectivity index (χ2v) is 7.70. The smallest absolute Gasteiger partial charge is 0.317 e. The Morgan fingerprint density at radius 3 is 2.60 bits per heavy atom. The number of hydrogen-bond donors (Lipinski definition) is 1. The molecule has 6 nitrogen and oxygen atoms in total. The first kappa shape index (κ1) is 18.2. The van der Waals surface area contributed by atoms with Gasteiger partial charge in [0.05, 0.1) is 11.8 Å². The van der Waals surface area contributed by atoms with Gasteiger partial charge >= 0.3 is 6.03 Å². The van der Waals surface area contributed by atoms with Crippen molar-refractivity contribution in [3.63, 3.8) is 0 Å². The number of aromatic nitrogens is 2. The van der Waals surface area contributed by atoms with Gasteiger partial charge in [0.1, 0.15) is 0 Å². The average Bonchev–Trinajstić information content (AvgIpc) is 3.20. The predicted molar refractivity (Wildman–Crippen MR) is 97.7 cm³/mol. The molecule has 2 amide bonds. The molecule has 0 saturated carbocycles. The zero-order valence-electron chi connectivity index (χ0n) is 16.0. The van der Waals surface area contributed by atoms with Crippen LogP contribution in [-0.2, 0) is 18.2 Å². The van der Waals surface area contributed by atoms with Crippen molar-refractivity contribution in [1.82, 2.24) is 20.0 Å². The minimum Gasteiger partial charge on any atom is -0.378 e. The lowest BCUT2D eigenvalue weighted by Gasteiger charge is -2.35. The van der Waals surface area contributed by atoms with Crippen LogP contribution in [-0.4, -0.2) is 52.6 Å². The maximum Gasteiger partial charge on any atom is 0.317 e. The fourth-order valence-electron chi connectivity index (χ4n) is 4.22. The van der Waals surface area contributed by atoms with Crippen LogP contribution in [0, 0.1) is 19.8 Å². The van der Waals surface area contributed by atoms with Crippen LogP contribution >= 0.6 is 0 Å². The summed E-state index contributed by atoms with van der Waals surface area (Å²) in [4.78, 5) is 14.5. The zero-order chi connectivity index (χ0) is 18.0. The van der Waals surface area contributed by atoms with Gasteiger partial charge in [-0.05, 0) is 64.4 Å². The third-order valence-corrected chi connectivity index (χ3v) is 5.86. The van der Waals surface area contributed by atoms with Gasteiger partial charge in [-0.1, -0.05) is 0 Å². The first-order valence-electron chi connectivity index (χ1n) is 9.61. The molecule has 0 unspecified atom stereocenters. The topological polar surface area (TPSA) is 59.4 Å². The van der Waals surface area contributed by atoms with Crippen LogP contribution < -0.4 is 5.32 Å². The lowest BCUT2D eigenvalue weighted by atomic mass is 9.90. The number of rotatable bonds is 4. The summed E-state index contributed by atoms with van der Waals surface area (Å²) in [6, 6.07) is 0.169. The van der Waals surface area contributed by atoms with Gasteiger partial charge in [0.2, 0.25) is 0 Å². The number of likely N-dealkylation sites (tertiary alicyclic amines) is 1. The molecule has 140 valence electrons. The van der Waals surface area contributed by atoms with E-state index < -0.39 is 0 Å². The van der Waals surface area contributed by atoms with Crippen LogP contribution in [0.15, 0.2) is 0 Å². The molecule has 6 heteroatoms. The van der Waals surface area contributed by atoms with E-state index in [4.69, 9.17) is 4.74 Å². The van der Waals surface area contributed by atoms with Gasteiger partial charge < -0.3 is 15.0 Å². The number of ether oxygens (including phenoxy) is 1.